The van der Waals surface area contributed by atoms with Gasteiger partial charge in [0.1, 0.15) is 5.56 Å². The summed E-state index contributed by atoms with van der Waals surface area (Å²) < 4.78 is 52.2. The molecule has 2 saturated heterocycles. The molecule has 6 nitrogen and oxygen atoms in total. The van der Waals surface area contributed by atoms with Crippen molar-refractivity contribution in [1.82, 2.24) is 14.9 Å². The fourth-order valence-electron chi connectivity index (χ4n) is 4.94. The number of amides is 1. The topological polar surface area (TPSA) is 69.6 Å². The van der Waals surface area contributed by atoms with Gasteiger partial charge in [-0.1, -0.05) is 0 Å². The van der Waals surface area contributed by atoms with Crippen molar-refractivity contribution in [3.63, 3.8) is 0 Å². The largest absolute Gasteiger partial charge is 0.422 e. The van der Waals surface area contributed by atoms with Crippen LogP contribution < -0.4 is 4.90 Å². The Bertz CT molecular complexity index is 782. The predicted molar refractivity (Wildman–Crippen MR) is 95.5 cm³/mol. The van der Waals surface area contributed by atoms with E-state index in [2.05, 4.69) is 9.97 Å². The fraction of sp³-hybridized carbons (Fsp3) is 0.737. The van der Waals surface area contributed by atoms with Crippen LogP contribution in [-0.2, 0) is 11.0 Å². The first-order valence-corrected chi connectivity index (χ1v) is 10.0. The Morgan fingerprint density at radius 3 is 2.52 bits per heavy atom. The molecule has 3 fully saturated rings. The Labute approximate surface area is 165 Å². The number of aliphatic hydroxyl groups excluding tert-OH is 1. The Morgan fingerprint density at radius 1 is 1.14 bits per heavy atom. The smallest absolute Gasteiger partial charge is 0.393 e. The molecule has 1 N–H and O–H groups in total. The molecule has 29 heavy (non-hydrogen) atoms. The van der Waals surface area contributed by atoms with E-state index in [-0.39, 0.29) is 30.5 Å². The van der Waals surface area contributed by atoms with Gasteiger partial charge in [0.25, 0.3) is 0 Å². The average molecular weight is 416 g/mol. The van der Waals surface area contributed by atoms with Crippen LogP contribution in [0.3, 0.4) is 0 Å². The summed E-state index contributed by atoms with van der Waals surface area (Å²) in [6, 6.07) is 0.125. The van der Waals surface area contributed by atoms with Crippen molar-refractivity contribution in [2.45, 2.75) is 63.3 Å². The van der Waals surface area contributed by atoms with Gasteiger partial charge >= 0.3 is 6.18 Å². The molecule has 1 saturated carbocycles. The molecule has 1 aromatic rings. The lowest BCUT2D eigenvalue weighted by atomic mass is 9.78. The fourth-order valence-corrected chi connectivity index (χ4v) is 4.94. The molecule has 0 bridgehead atoms. The molecule has 2 aliphatic heterocycles. The van der Waals surface area contributed by atoms with Crippen LogP contribution in [0.15, 0.2) is 6.20 Å². The molecule has 160 valence electrons. The van der Waals surface area contributed by atoms with E-state index in [1.165, 1.54) is 0 Å². The number of alkyl halides is 3. The van der Waals surface area contributed by atoms with Gasteiger partial charge in [0.15, 0.2) is 0 Å². The minimum Gasteiger partial charge on any atom is -0.393 e. The van der Waals surface area contributed by atoms with Gasteiger partial charge in [0, 0.05) is 31.9 Å². The van der Waals surface area contributed by atoms with Crippen LogP contribution in [-0.4, -0.2) is 57.7 Å². The second-order valence-corrected chi connectivity index (χ2v) is 8.39. The third-order valence-corrected chi connectivity index (χ3v) is 6.55. The Balaban J connectivity index is 1.50. The lowest BCUT2D eigenvalue weighted by molar-refractivity contribution is -0.140. The van der Waals surface area contributed by atoms with Crippen molar-refractivity contribution in [1.29, 1.82) is 0 Å². The maximum absolute atomic E-state index is 13.9. The molecular weight excluding hydrogens is 392 g/mol. The van der Waals surface area contributed by atoms with Crippen LogP contribution in [0, 0.1) is 11.4 Å². The van der Waals surface area contributed by atoms with Gasteiger partial charge in [-0.2, -0.15) is 22.5 Å². The quantitative estimate of drug-likeness (QED) is 0.593. The number of carbonyl (C=O) groups excluding carboxylic acids is 1. The summed E-state index contributed by atoms with van der Waals surface area (Å²) >= 11 is 0. The van der Waals surface area contributed by atoms with Crippen LogP contribution in [0.5, 0.6) is 0 Å². The number of halogens is 4. The van der Waals surface area contributed by atoms with Crippen molar-refractivity contribution in [2.24, 2.45) is 5.41 Å². The van der Waals surface area contributed by atoms with Crippen LogP contribution in [0.1, 0.15) is 50.5 Å². The minimum atomic E-state index is -4.85. The second kappa shape index (κ2) is 7.37. The number of likely N-dealkylation sites (tertiary alicyclic amines) is 1. The average Bonchev–Trinajstić information content (AvgIpc) is 2.97. The number of aliphatic hydroxyl groups is 1. The lowest BCUT2D eigenvalue weighted by Crippen LogP contribution is -2.50. The number of anilines is 1. The molecule has 1 atom stereocenters. The molecule has 1 spiro atoms. The zero-order chi connectivity index (χ0) is 20.8. The third kappa shape index (κ3) is 3.78. The second-order valence-electron chi connectivity index (χ2n) is 8.39. The van der Waals surface area contributed by atoms with E-state index in [1.54, 1.807) is 4.90 Å². The highest BCUT2D eigenvalue weighted by Gasteiger charge is 2.51. The summed E-state index contributed by atoms with van der Waals surface area (Å²) in [5.41, 5.74) is -2.12. The van der Waals surface area contributed by atoms with E-state index in [0.29, 0.717) is 51.4 Å². The maximum Gasteiger partial charge on any atom is 0.422 e. The third-order valence-electron chi connectivity index (χ3n) is 6.55. The number of carbonyl (C=O) groups is 1. The number of hydrogen-bond donors (Lipinski definition) is 1. The van der Waals surface area contributed by atoms with E-state index in [4.69, 9.17) is 0 Å². The lowest BCUT2D eigenvalue weighted by Gasteiger charge is -2.40. The predicted octanol–water partition coefficient (Wildman–Crippen LogP) is 2.76. The van der Waals surface area contributed by atoms with E-state index in [1.807, 2.05) is 4.90 Å². The SMILES string of the molecule is O=C1N([C@H]2CC[C@H](O)CC2)CC[C@]12CCCN(c1ncc(C(F)(F)F)c(F)n1)C2. The number of piperidine rings is 1. The van der Waals surface area contributed by atoms with E-state index in [0.717, 1.165) is 12.8 Å². The number of aromatic nitrogens is 2. The van der Waals surface area contributed by atoms with Gasteiger partial charge in [-0.3, -0.25) is 4.79 Å². The Kier molecular flexibility index (Phi) is 5.16. The number of hydrogen-bond acceptors (Lipinski definition) is 5. The van der Waals surface area contributed by atoms with Crippen molar-refractivity contribution in [3.05, 3.63) is 17.7 Å². The van der Waals surface area contributed by atoms with Crippen molar-refractivity contribution < 1.29 is 27.5 Å². The molecule has 0 unspecified atom stereocenters. The summed E-state index contributed by atoms with van der Waals surface area (Å²) in [6.07, 6.45) is 0.264. The summed E-state index contributed by atoms with van der Waals surface area (Å²) in [6.45, 7) is 1.38. The van der Waals surface area contributed by atoms with Gasteiger partial charge in [0.05, 0.1) is 11.5 Å². The Hall–Kier alpha value is -1.97. The Morgan fingerprint density at radius 2 is 1.86 bits per heavy atom. The zero-order valence-electron chi connectivity index (χ0n) is 16.0. The van der Waals surface area contributed by atoms with E-state index in [9.17, 15) is 27.5 Å². The highest BCUT2D eigenvalue weighted by atomic mass is 19.4. The van der Waals surface area contributed by atoms with Gasteiger partial charge in [-0.25, -0.2) is 4.98 Å². The van der Waals surface area contributed by atoms with Crippen LogP contribution in [0.2, 0.25) is 0 Å². The van der Waals surface area contributed by atoms with Crippen molar-refractivity contribution >= 4 is 11.9 Å². The summed E-state index contributed by atoms with van der Waals surface area (Å²) in [5.74, 6) is -1.65. The molecule has 3 heterocycles. The molecule has 0 aromatic carbocycles. The van der Waals surface area contributed by atoms with Gasteiger partial charge in [0.2, 0.25) is 17.8 Å². The minimum absolute atomic E-state index is 0.0518. The van der Waals surface area contributed by atoms with Gasteiger partial charge < -0.3 is 14.9 Å². The first-order valence-electron chi connectivity index (χ1n) is 10.0. The number of rotatable bonds is 2. The van der Waals surface area contributed by atoms with Crippen LogP contribution in [0.25, 0.3) is 0 Å². The molecule has 3 aliphatic rings. The summed E-state index contributed by atoms with van der Waals surface area (Å²) in [5, 5.41) is 9.71. The maximum atomic E-state index is 13.9. The van der Waals surface area contributed by atoms with E-state index < -0.39 is 23.1 Å². The first-order chi connectivity index (χ1) is 13.7. The highest BCUT2D eigenvalue weighted by Crippen LogP contribution is 2.43. The zero-order valence-corrected chi connectivity index (χ0v) is 16.0. The molecule has 4 rings (SSSR count). The van der Waals surface area contributed by atoms with Gasteiger partial charge in [-0.05, 0) is 44.9 Å². The monoisotopic (exact) mass is 416 g/mol. The van der Waals surface area contributed by atoms with Crippen molar-refractivity contribution in [3.8, 4) is 0 Å². The highest BCUT2D eigenvalue weighted by molar-refractivity contribution is 5.86. The summed E-state index contributed by atoms with van der Waals surface area (Å²) in [4.78, 5) is 24.0. The van der Waals surface area contributed by atoms with Crippen LogP contribution in [0.4, 0.5) is 23.5 Å². The van der Waals surface area contributed by atoms with Gasteiger partial charge in [-0.15, -0.1) is 0 Å². The summed E-state index contributed by atoms with van der Waals surface area (Å²) in [7, 11) is 0. The van der Waals surface area contributed by atoms with E-state index >= 15 is 0 Å². The molecular formula is C19H24F4N4O2. The molecule has 0 radical (unpaired) electrons. The molecule has 1 amide bonds. The number of nitrogens with zero attached hydrogens (tertiary/aromatic N) is 4. The first kappa shape index (κ1) is 20.3. The molecule has 1 aliphatic carbocycles. The molecule has 10 heteroatoms. The standard InChI is InChI=1S/C19H24F4N4O2/c20-15-14(19(21,22)23)10-24-17(25-15)26-8-1-6-18(11-26)7-9-27(16(18)29)12-2-4-13(28)5-3-12/h10,12-13,28H,1-9,11H2/t12-,13-,18-/m0/s1. The van der Waals surface area contributed by atoms with Crippen LogP contribution >= 0.6 is 0 Å². The van der Waals surface area contributed by atoms with Crippen molar-refractivity contribution in [2.75, 3.05) is 24.5 Å². The normalized spacial score (nSPS) is 31.0. The molecule has 1 aromatic heterocycles.